The number of hydrogen-bond acceptors (Lipinski definition) is 3. The van der Waals surface area contributed by atoms with E-state index in [1.165, 1.54) is 37.5 Å². The van der Waals surface area contributed by atoms with Gasteiger partial charge in [0.2, 0.25) is 10.0 Å². The largest absolute Gasteiger partial charge is 0.418 e. The van der Waals surface area contributed by atoms with Crippen LogP contribution in [0.2, 0.25) is 0 Å². The summed E-state index contributed by atoms with van der Waals surface area (Å²) in [6.07, 6.45) is -2.48. The Balaban J connectivity index is 2.49. The zero-order valence-electron chi connectivity index (χ0n) is 13.8. The number of sulfonamides is 1. The molecule has 0 spiro atoms. The molecule has 0 atom stereocenters. The number of nitrogens with zero attached hydrogens (tertiary/aromatic N) is 2. The first-order valence-electron chi connectivity index (χ1n) is 7.53. The predicted octanol–water partition coefficient (Wildman–Crippen LogP) is 3.65. The van der Waals surface area contributed by atoms with Crippen LogP contribution in [0.4, 0.5) is 17.6 Å². The van der Waals surface area contributed by atoms with Gasteiger partial charge in [0.1, 0.15) is 10.7 Å². The summed E-state index contributed by atoms with van der Waals surface area (Å²) >= 11 is 0. The molecule has 0 saturated heterocycles. The van der Waals surface area contributed by atoms with Crippen molar-refractivity contribution in [1.29, 1.82) is 0 Å². The number of rotatable bonds is 3. The molecule has 0 bridgehead atoms. The van der Waals surface area contributed by atoms with Gasteiger partial charge in [0.05, 0.1) is 11.3 Å². The summed E-state index contributed by atoms with van der Waals surface area (Å²) in [5, 5.41) is 8.94. The van der Waals surface area contributed by atoms with E-state index in [2.05, 4.69) is 5.10 Å². The van der Waals surface area contributed by atoms with E-state index in [9.17, 15) is 26.0 Å². The maximum Gasteiger partial charge on any atom is 0.418 e. The number of alkyl halides is 3. The molecule has 142 valence electrons. The van der Waals surface area contributed by atoms with Crippen LogP contribution in [0.3, 0.4) is 0 Å². The molecule has 3 aromatic rings. The highest BCUT2D eigenvalue weighted by molar-refractivity contribution is 7.89. The molecule has 3 rings (SSSR count). The second kappa shape index (κ2) is 6.46. The monoisotopic (exact) mass is 399 g/mol. The van der Waals surface area contributed by atoms with Crippen molar-refractivity contribution >= 4 is 10.0 Å². The van der Waals surface area contributed by atoms with Crippen LogP contribution in [0.15, 0.2) is 53.7 Å². The maximum absolute atomic E-state index is 13.9. The van der Waals surface area contributed by atoms with E-state index in [1.807, 2.05) is 0 Å². The highest BCUT2D eigenvalue weighted by atomic mass is 32.2. The number of benzene rings is 2. The van der Waals surface area contributed by atoms with Crippen molar-refractivity contribution < 1.29 is 26.0 Å². The van der Waals surface area contributed by atoms with Crippen LogP contribution in [0.5, 0.6) is 0 Å². The van der Waals surface area contributed by atoms with Crippen LogP contribution in [0.25, 0.3) is 16.8 Å². The molecule has 0 saturated carbocycles. The Kier molecular flexibility index (Phi) is 4.56. The molecule has 0 radical (unpaired) electrons. The minimum absolute atomic E-state index is 0.0257. The fourth-order valence-electron chi connectivity index (χ4n) is 2.86. The Hall–Kier alpha value is -2.72. The van der Waals surface area contributed by atoms with E-state index < -0.39 is 38.2 Å². The maximum atomic E-state index is 13.9. The highest BCUT2D eigenvalue weighted by Gasteiger charge is 2.40. The van der Waals surface area contributed by atoms with Crippen molar-refractivity contribution in [2.24, 2.45) is 5.14 Å². The second-order valence-corrected chi connectivity index (χ2v) is 7.30. The fourth-order valence-corrected chi connectivity index (χ4v) is 3.61. The number of aromatic nitrogens is 2. The fraction of sp³-hybridized carbons (Fsp3) is 0.118. The van der Waals surface area contributed by atoms with Gasteiger partial charge in [-0.1, -0.05) is 12.1 Å². The van der Waals surface area contributed by atoms with Gasteiger partial charge in [-0.2, -0.15) is 18.3 Å². The quantitative estimate of drug-likeness (QED) is 0.683. The smallest absolute Gasteiger partial charge is 0.239 e. The Morgan fingerprint density at radius 1 is 1.15 bits per heavy atom. The lowest BCUT2D eigenvalue weighted by molar-refractivity contribution is -0.138. The van der Waals surface area contributed by atoms with Gasteiger partial charge in [0, 0.05) is 12.4 Å². The summed E-state index contributed by atoms with van der Waals surface area (Å²) in [4.78, 5) is -0.733. The first-order valence-corrected chi connectivity index (χ1v) is 9.08. The summed E-state index contributed by atoms with van der Waals surface area (Å²) < 4.78 is 79.8. The van der Waals surface area contributed by atoms with E-state index in [0.29, 0.717) is 0 Å². The number of nitrogens with two attached hydrogens (primary N) is 1. The lowest BCUT2D eigenvalue weighted by Crippen LogP contribution is -2.21. The summed E-state index contributed by atoms with van der Waals surface area (Å²) in [6.45, 7) is 1.21. The van der Waals surface area contributed by atoms with Crippen LogP contribution >= 0.6 is 0 Å². The first-order chi connectivity index (χ1) is 12.5. The molecule has 0 aliphatic rings. The Morgan fingerprint density at radius 3 is 2.26 bits per heavy atom. The van der Waals surface area contributed by atoms with Crippen molar-refractivity contribution in [2.45, 2.75) is 18.0 Å². The Morgan fingerprint density at radius 2 is 1.78 bits per heavy atom. The third-order valence-electron chi connectivity index (χ3n) is 4.00. The van der Waals surface area contributed by atoms with E-state index in [1.54, 1.807) is 0 Å². The van der Waals surface area contributed by atoms with Crippen molar-refractivity contribution in [2.75, 3.05) is 0 Å². The molecule has 1 heterocycles. The minimum Gasteiger partial charge on any atom is -0.239 e. The van der Waals surface area contributed by atoms with Crippen LogP contribution in [0, 0.1) is 12.7 Å². The molecule has 0 aliphatic heterocycles. The average Bonchev–Trinajstić information content (AvgIpc) is 3.07. The third-order valence-corrected chi connectivity index (χ3v) is 4.93. The predicted molar refractivity (Wildman–Crippen MR) is 90.1 cm³/mol. The van der Waals surface area contributed by atoms with Gasteiger partial charge in [-0.15, -0.1) is 0 Å². The molecule has 2 aromatic carbocycles. The zero-order valence-corrected chi connectivity index (χ0v) is 14.6. The summed E-state index contributed by atoms with van der Waals surface area (Å²) in [6, 6.07) is 7.07. The summed E-state index contributed by atoms with van der Waals surface area (Å²) in [7, 11) is -4.53. The molecule has 10 heteroatoms. The van der Waals surface area contributed by atoms with Crippen molar-refractivity contribution in [1.82, 2.24) is 9.78 Å². The molecule has 0 unspecified atom stereocenters. The standard InChI is InChI=1S/C17H13F4N3O2S/c1-10-13(11-3-5-12(18)6-4-11)9-14(27(22,25)26)16(15(10)17(19,20)21)24-8-2-7-23-24/h2-9H,1H3,(H2,22,25,26). The summed E-state index contributed by atoms with van der Waals surface area (Å²) in [5.41, 5.74) is -1.90. The first kappa shape index (κ1) is 19.1. The third kappa shape index (κ3) is 3.58. The van der Waals surface area contributed by atoms with Crippen LogP contribution < -0.4 is 5.14 Å². The van der Waals surface area contributed by atoms with Crippen molar-refractivity contribution in [3.63, 3.8) is 0 Å². The molecular weight excluding hydrogens is 386 g/mol. The van der Waals surface area contributed by atoms with Crippen LogP contribution in [-0.2, 0) is 16.2 Å². The molecule has 0 aliphatic carbocycles. The van der Waals surface area contributed by atoms with E-state index in [0.717, 1.165) is 22.9 Å². The number of halogens is 4. The van der Waals surface area contributed by atoms with Gasteiger partial charge < -0.3 is 0 Å². The molecule has 0 amide bonds. The number of primary sulfonamides is 1. The lowest BCUT2D eigenvalue weighted by Gasteiger charge is -2.21. The Bertz CT molecular complexity index is 1090. The lowest BCUT2D eigenvalue weighted by atomic mass is 9.94. The number of hydrogen-bond donors (Lipinski definition) is 1. The average molecular weight is 399 g/mol. The highest BCUT2D eigenvalue weighted by Crippen LogP contribution is 2.43. The summed E-state index contributed by atoms with van der Waals surface area (Å²) in [5.74, 6) is -0.577. The van der Waals surface area contributed by atoms with Crippen LogP contribution in [-0.4, -0.2) is 18.2 Å². The SMILES string of the molecule is Cc1c(-c2ccc(F)cc2)cc(S(N)(=O)=O)c(-n2cccn2)c1C(F)(F)F. The second-order valence-electron chi connectivity index (χ2n) is 5.77. The van der Waals surface area contributed by atoms with Gasteiger partial charge >= 0.3 is 6.18 Å². The van der Waals surface area contributed by atoms with Crippen molar-refractivity contribution in [3.8, 4) is 16.8 Å². The van der Waals surface area contributed by atoms with E-state index in [4.69, 9.17) is 5.14 Å². The Labute approximate surface area is 152 Å². The molecule has 0 fully saturated rings. The van der Waals surface area contributed by atoms with Gasteiger partial charge in [0.25, 0.3) is 0 Å². The zero-order chi connectivity index (χ0) is 20.0. The van der Waals surface area contributed by atoms with Gasteiger partial charge in [-0.3, -0.25) is 0 Å². The van der Waals surface area contributed by atoms with E-state index >= 15 is 0 Å². The van der Waals surface area contributed by atoms with Gasteiger partial charge in [0.15, 0.2) is 0 Å². The minimum atomic E-state index is -4.89. The molecule has 2 N–H and O–H groups in total. The molecule has 1 aromatic heterocycles. The topological polar surface area (TPSA) is 78.0 Å². The van der Waals surface area contributed by atoms with Crippen LogP contribution in [0.1, 0.15) is 11.1 Å². The molecule has 5 nitrogen and oxygen atoms in total. The van der Waals surface area contributed by atoms with E-state index in [-0.39, 0.29) is 16.7 Å². The van der Waals surface area contributed by atoms with Crippen molar-refractivity contribution in [3.05, 3.63) is 65.7 Å². The van der Waals surface area contributed by atoms with Gasteiger partial charge in [-0.25, -0.2) is 22.6 Å². The normalized spacial score (nSPS) is 12.4. The molecule has 27 heavy (non-hydrogen) atoms. The van der Waals surface area contributed by atoms with Gasteiger partial charge in [-0.05, 0) is 47.9 Å². The molecular formula is C17H13F4N3O2S.